The second kappa shape index (κ2) is 8.20. The van der Waals surface area contributed by atoms with Gasteiger partial charge in [-0.15, -0.1) is 0 Å². The van der Waals surface area contributed by atoms with Crippen LogP contribution in [-0.4, -0.2) is 23.1 Å². The summed E-state index contributed by atoms with van der Waals surface area (Å²) in [5.41, 5.74) is 3.88. The van der Waals surface area contributed by atoms with Crippen LogP contribution in [0.3, 0.4) is 0 Å². The molecule has 0 amide bonds. The predicted molar refractivity (Wildman–Crippen MR) is 77.0 cm³/mol. The van der Waals surface area contributed by atoms with E-state index in [9.17, 15) is 0 Å². The van der Waals surface area contributed by atoms with Gasteiger partial charge in [0, 0.05) is 11.4 Å². The van der Waals surface area contributed by atoms with E-state index in [1.807, 2.05) is 20.8 Å². The number of fused-ring (bicyclic) bond motifs is 1. The largest absolute Gasteiger partial charge is 0.317 e. The third-order valence-electron chi connectivity index (χ3n) is 3.21. The van der Waals surface area contributed by atoms with Crippen molar-refractivity contribution in [1.82, 2.24) is 15.3 Å². The van der Waals surface area contributed by atoms with Gasteiger partial charge in [-0.3, -0.25) is 0 Å². The third-order valence-corrected chi connectivity index (χ3v) is 3.21. The fraction of sp³-hybridized carbons (Fsp3) is 0.733. The van der Waals surface area contributed by atoms with Crippen LogP contribution in [0.1, 0.15) is 55.9 Å². The minimum absolute atomic E-state index is 0.923. The first-order valence-electron chi connectivity index (χ1n) is 7.31. The van der Waals surface area contributed by atoms with Crippen LogP contribution in [0, 0.1) is 13.8 Å². The second-order valence-corrected chi connectivity index (χ2v) is 4.59. The Hall–Kier alpha value is -0.960. The number of nitrogens with zero attached hydrogens (tertiary/aromatic N) is 2. The van der Waals surface area contributed by atoms with Crippen LogP contribution in [0.15, 0.2) is 0 Å². The Morgan fingerprint density at radius 2 is 1.61 bits per heavy atom. The molecule has 0 bridgehead atoms. The van der Waals surface area contributed by atoms with Crippen molar-refractivity contribution >= 4 is 0 Å². The van der Waals surface area contributed by atoms with E-state index < -0.39 is 0 Å². The Kier molecular flexibility index (Phi) is 6.88. The van der Waals surface area contributed by atoms with Crippen LogP contribution >= 0.6 is 0 Å². The summed E-state index contributed by atoms with van der Waals surface area (Å²) >= 11 is 0. The molecule has 0 saturated heterocycles. The van der Waals surface area contributed by atoms with Crippen molar-refractivity contribution in [2.24, 2.45) is 0 Å². The lowest BCUT2D eigenvalue weighted by atomic mass is 10.0. The van der Waals surface area contributed by atoms with Gasteiger partial charge in [-0.1, -0.05) is 13.8 Å². The highest BCUT2D eigenvalue weighted by Gasteiger charge is 2.10. The summed E-state index contributed by atoms with van der Waals surface area (Å²) in [6.45, 7) is 10.4. The number of nitrogens with one attached hydrogen (secondary N) is 1. The van der Waals surface area contributed by atoms with Gasteiger partial charge >= 0.3 is 0 Å². The van der Waals surface area contributed by atoms with E-state index in [0.29, 0.717) is 0 Å². The summed E-state index contributed by atoms with van der Waals surface area (Å²) in [5, 5.41) is 3.48. The minimum atomic E-state index is 0.923. The maximum atomic E-state index is 4.62. The highest BCUT2D eigenvalue weighted by atomic mass is 14.9. The van der Waals surface area contributed by atoms with Crippen molar-refractivity contribution in [3.63, 3.8) is 0 Å². The second-order valence-electron chi connectivity index (χ2n) is 4.59. The van der Waals surface area contributed by atoms with E-state index in [4.69, 9.17) is 0 Å². The van der Waals surface area contributed by atoms with E-state index >= 15 is 0 Å². The van der Waals surface area contributed by atoms with Gasteiger partial charge in [0.05, 0.1) is 0 Å². The quantitative estimate of drug-likeness (QED) is 0.768. The highest BCUT2D eigenvalue weighted by Crippen LogP contribution is 2.16. The van der Waals surface area contributed by atoms with Crippen LogP contribution in [-0.2, 0) is 12.8 Å². The Labute approximate surface area is 111 Å². The fourth-order valence-corrected chi connectivity index (χ4v) is 2.40. The first-order valence-corrected chi connectivity index (χ1v) is 7.31. The van der Waals surface area contributed by atoms with E-state index in [1.54, 1.807) is 0 Å². The molecular formula is C15H27N3. The maximum absolute atomic E-state index is 4.62. The highest BCUT2D eigenvalue weighted by molar-refractivity contribution is 5.25. The van der Waals surface area contributed by atoms with Crippen LogP contribution < -0.4 is 5.32 Å². The summed E-state index contributed by atoms with van der Waals surface area (Å²) in [6, 6.07) is 0. The molecule has 1 aromatic rings. The van der Waals surface area contributed by atoms with Gasteiger partial charge in [-0.25, -0.2) is 9.97 Å². The molecule has 0 unspecified atom stereocenters. The van der Waals surface area contributed by atoms with Crippen LogP contribution in [0.4, 0.5) is 0 Å². The Balaban J connectivity index is 0.000000771. The zero-order chi connectivity index (χ0) is 13.4. The van der Waals surface area contributed by atoms with Gasteiger partial charge in [-0.2, -0.15) is 0 Å². The molecule has 3 heteroatoms. The fourth-order valence-electron chi connectivity index (χ4n) is 2.40. The predicted octanol–water partition coefficient (Wildman–Crippen LogP) is 2.98. The molecule has 1 aliphatic heterocycles. The van der Waals surface area contributed by atoms with Crippen molar-refractivity contribution in [1.29, 1.82) is 0 Å². The lowest BCUT2D eigenvalue weighted by Crippen LogP contribution is -2.19. The summed E-state index contributed by atoms with van der Waals surface area (Å²) in [7, 11) is 0. The van der Waals surface area contributed by atoms with E-state index in [1.165, 1.54) is 36.2 Å². The molecule has 1 N–H and O–H groups in total. The molecule has 102 valence electrons. The summed E-state index contributed by atoms with van der Waals surface area (Å²) < 4.78 is 0. The Morgan fingerprint density at radius 3 is 2.39 bits per heavy atom. The topological polar surface area (TPSA) is 37.8 Å². The molecule has 0 fully saturated rings. The summed E-state index contributed by atoms with van der Waals surface area (Å²) in [4.78, 5) is 9.10. The molecule has 0 spiro atoms. The third kappa shape index (κ3) is 4.37. The summed E-state index contributed by atoms with van der Waals surface area (Å²) in [5.74, 6) is 0.923. The molecule has 0 radical (unpaired) electrons. The van der Waals surface area contributed by atoms with Crippen molar-refractivity contribution in [3.05, 3.63) is 22.8 Å². The molecule has 2 heterocycles. The van der Waals surface area contributed by atoms with Crippen LogP contribution in [0.2, 0.25) is 0 Å². The molecule has 18 heavy (non-hydrogen) atoms. The van der Waals surface area contributed by atoms with E-state index in [0.717, 1.165) is 31.8 Å². The molecule has 0 saturated carbocycles. The molecule has 1 aromatic heterocycles. The maximum Gasteiger partial charge on any atom is 0.125 e. The van der Waals surface area contributed by atoms with Gasteiger partial charge in [0.25, 0.3) is 0 Å². The lowest BCUT2D eigenvalue weighted by Gasteiger charge is -2.14. The van der Waals surface area contributed by atoms with Gasteiger partial charge < -0.3 is 5.32 Å². The smallest absolute Gasteiger partial charge is 0.125 e. The monoisotopic (exact) mass is 249 g/mol. The van der Waals surface area contributed by atoms with Crippen molar-refractivity contribution in [2.45, 2.75) is 59.8 Å². The van der Waals surface area contributed by atoms with Crippen molar-refractivity contribution in [2.75, 3.05) is 13.1 Å². The number of rotatable bonds is 0. The lowest BCUT2D eigenvalue weighted by molar-refractivity contribution is 0.583. The number of aromatic nitrogens is 2. The SMILES string of the molecule is CC.Cc1nc(C)c2c(n1)CCCCNCCC2. The number of hydrogen-bond acceptors (Lipinski definition) is 3. The average molecular weight is 249 g/mol. The van der Waals surface area contributed by atoms with Gasteiger partial charge in [-0.05, 0) is 64.6 Å². The standard InChI is InChI=1S/C13H21N3.C2H6/c1-10-12-6-5-9-14-8-4-3-7-13(12)16-11(2)15-10;1-2/h14H,3-9H2,1-2H3;1-2H3. The zero-order valence-electron chi connectivity index (χ0n) is 12.3. The Morgan fingerprint density at radius 1 is 0.889 bits per heavy atom. The zero-order valence-corrected chi connectivity index (χ0v) is 12.3. The van der Waals surface area contributed by atoms with Crippen LogP contribution in [0.25, 0.3) is 0 Å². The Bertz CT molecular complexity index is 361. The first kappa shape index (κ1) is 15.1. The first-order chi connectivity index (χ1) is 8.77. The average Bonchev–Trinajstić information content (AvgIpc) is 2.38. The molecule has 2 rings (SSSR count). The number of aryl methyl sites for hydroxylation is 3. The summed E-state index contributed by atoms with van der Waals surface area (Å²) in [6.07, 6.45) is 5.91. The number of hydrogen-bond donors (Lipinski definition) is 1. The van der Waals surface area contributed by atoms with Gasteiger partial charge in [0.2, 0.25) is 0 Å². The molecule has 0 aliphatic carbocycles. The van der Waals surface area contributed by atoms with Crippen molar-refractivity contribution in [3.8, 4) is 0 Å². The minimum Gasteiger partial charge on any atom is -0.317 e. The molecule has 0 aromatic carbocycles. The van der Waals surface area contributed by atoms with Crippen molar-refractivity contribution < 1.29 is 0 Å². The van der Waals surface area contributed by atoms with Gasteiger partial charge in [0.15, 0.2) is 0 Å². The molecule has 0 atom stereocenters. The molecule has 3 nitrogen and oxygen atoms in total. The molecular weight excluding hydrogens is 222 g/mol. The van der Waals surface area contributed by atoms with E-state index in [-0.39, 0.29) is 0 Å². The normalized spacial score (nSPS) is 16.2. The van der Waals surface area contributed by atoms with Crippen LogP contribution in [0.5, 0.6) is 0 Å². The van der Waals surface area contributed by atoms with E-state index in [2.05, 4.69) is 22.2 Å². The van der Waals surface area contributed by atoms with Gasteiger partial charge in [0.1, 0.15) is 5.82 Å². The molecule has 1 aliphatic rings.